The largest absolute Gasteiger partial charge is 0.344 e. The Kier molecular flexibility index (Phi) is 4.55. The molecule has 1 rings (SSSR count). The number of nitrogens with two attached hydrogens (primary N) is 1. The average molecular weight is 241 g/mol. The fourth-order valence-corrected chi connectivity index (χ4v) is 2.79. The Hall–Kier alpha value is -0.610. The SMILES string of the molecule is CCC(C)N1C(CN)C(=O)N(C)CCC1(C)C. The predicted molar refractivity (Wildman–Crippen MR) is 70.8 cm³/mol. The van der Waals surface area contributed by atoms with Gasteiger partial charge in [0.2, 0.25) is 5.91 Å². The summed E-state index contributed by atoms with van der Waals surface area (Å²) < 4.78 is 0. The van der Waals surface area contributed by atoms with Crippen molar-refractivity contribution in [3.05, 3.63) is 0 Å². The summed E-state index contributed by atoms with van der Waals surface area (Å²) >= 11 is 0. The lowest BCUT2D eigenvalue weighted by Crippen LogP contribution is -2.58. The Morgan fingerprint density at radius 2 is 2.12 bits per heavy atom. The Labute approximate surface area is 105 Å². The van der Waals surface area contributed by atoms with E-state index < -0.39 is 0 Å². The smallest absolute Gasteiger partial charge is 0.241 e. The molecule has 0 aromatic carbocycles. The number of nitrogens with zero attached hydrogens (tertiary/aromatic N) is 2. The highest BCUT2D eigenvalue weighted by Crippen LogP contribution is 2.29. The number of carbonyl (C=O) groups excluding carboxylic acids is 1. The van der Waals surface area contributed by atoms with Crippen molar-refractivity contribution in [3.63, 3.8) is 0 Å². The van der Waals surface area contributed by atoms with Crippen LogP contribution in [0, 0.1) is 0 Å². The van der Waals surface area contributed by atoms with E-state index in [-0.39, 0.29) is 17.5 Å². The van der Waals surface area contributed by atoms with Crippen LogP contribution in [0.2, 0.25) is 0 Å². The number of hydrogen-bond acceptors (Lipinski definition) is 3. The zero-order valence-electron chi connectivity index (χ0n) is 11.9. The number of hydrogen-bond donors (Lipinski definition) is 1. The zero-order chi connectivity index (χ0) is 13.2. The van der Waals surface area contributed by atoms with Crippen molar-refractivity contribution in [1.82, 2.24) is 9.80 Å². The van der Waals surface area contributed by atoms with Gasteiger partial charge in [-0.05, 0) is 33.6 Å². The van der Waals surface area contributed by atoms with Gasteiger partial charge >= 0.3 is 0 Å². The first-order chi connectivity index (χ1) is 7.85. The maximum absolute atomic E-state index is 12.3. The Morgan fingerprint density at radius 1 is 1.53 bits per heavy atom. The summed E-state index contributed by atoms with van der Waals surface area (Å²) in [6.45, 7) is 9.99. The Bertz CT molecular complexity index is 278. The van der Waals surface area contributed by atoms with Crippen molar-refractivity contribution >= 4 is 5.91 Å². The quantitative estimate of drug-likeness (QED) is 0.803. The molecule has 0 saturated carbocycles. The van der Waals surface area contributed by atoms with Gasteiger partial charge in [0.15, 0.2) is 0 Å². The van der Waals surface area contributed by atoms with Crippen LogP contribution >= 0.6 is 0 Å². The molecule has 2 atom stereocenters. The van der Waals surface area contributed by atoms with Gasteiger partial charge in [0.1, 0.15) is 6.04 Å². The van der Waals surface area contributed by atoms with E-state index in [1.54, 1.807) is 0 Å². The summed E-state index contributed by atoms with van der Waals surface area (Å²) in [5, 5.41) is 0. The molecule has 17 heavy (non-hydrogen) atoms. The lowest BCUT2D eigenvalue weighted by molar-refractivity contribution is -0.136. The van der Waals surface area contributed by atoms with Crippen molar-refractivity contribution in [3.8, 4) is 0 Å². The molecule has 1 fully saturated rings. The van der Waals surface area contributed by atoms with Gasteiger partial charge in [0, 0.05) is 31.7 Å². The standard InChI is InChI=1S/C13H27N3O/c1-6-10(2)16-11(9-14)12(17)15(5)8-7-13(16,3)4/h10-11H,6-9,14H2,1-5H3. The topological polar surface area (TPSA) is 49.6 Å². The third-order valence-corrected chi connectivity index (χ3v) is 4.04. The van der Waals surface area contributed by atoms with E-state index in [2.05, 4.69) is 32.6 Å². The van der Waals surface area contributed by atoms with E-state index in [0.29, 0.717) is 12.6 Å². The van der Waals surface area contributed by atoms with Crippen molar-refractivity contribution in [2.24, 2.45) is 5.73 Å². The highest BCUT2D eigenvalue weighted by molar-refractivity contribution is 5.82. The van der Waals surface area contributed by atoms with E-state index >= 15 is 0 Å². The second-order valence-electron chi connectivity index (χ2n) is 5.74. The highest BCUT2D eigenvalue weighted by atomic mass is 16.2. The van der Waals surface area contributed by atoms with Crippen LogP contribution in [-0.4, -0.2) is 53.5 Å². The molecular weight excluding hydrogens is 214 g/mol. The molecule has 2 N–H and O–H groups in total. The van der Waals surface area contributed by atoms with E-state index in [1.807, 2.05) is 11.9 Å². The van der Waals surface area contributed by atoms with Crippen LogP contribution in [0.4, 0.5) is 0 Å². The van der Waals surface area contributed by atoms with Crippen LogP contribution < -0.4 is 5.73 Å². The minimum absolute atomic E-state index is 0.0277. The van der Waals surface area contributed by atoms with Crippen LogP contribution in [0.3, 0.4) is 0 Å². The molecule has 2 unspecified atom stereocenters. The average Bonchev–Trinajstić information content (AvgIpc) is 2.37. The van der Waals surface area contributed by atoms with E-state index in [9.17, 15) is 4.79 Å². The third-order valence-electron chi connectivity index (χ3n) is 4.04. The van der Waals surface area contributed by atoms with Gasteiger partial charge < -0.3 is 10.6 Å². The first-order valence-corrected chi connectivity index (χ1v) is 6.58. The molecule has 0 spiro atoms. The van der Waals surface area contributed by atoms with Crippen LogP contribution in [0.25, 0.3) is 0 Å². The van der Waals surface area contributed by atoms with Crippen molar-refractivity contribution < 1.29 is 4.79 Å². The molecule has 1 aliphatic heterocycles. The van der Waals surface area contributed by atoms with Gasteiger partial charge in [-0.2, -0.15) is 0 Å². The lowest BCUT2D eigenvalue weighted by atomic mass is 9.94. The molecular formula is C13H27N3O. The van der Waals surface area contributed by atoms with Crippen LogP contribution in [0.1, 0.15) is 40.5 Å². The minimum Gasteiger partial charge on any atom is -0.344 e. The van der Waals surface area contributed by atoms with E-state index in [4.69, 9.17) is 5.73 Å². The van der Waals surface area contributed by atoms with Gasteiger partial charge in [0.05, 0.1) is 0 Å². The van der Waals surface area contributed by atoms with Crippen LogP contribution in [-0.2, 0) is 4.79 Å². The molecule has 1 saturated heterocycles. The van der Waals surface area contributed by atoms with Gasteiger partial charge in [-0.15, -0.1) is 0 Å². The highest BCUT2D eigenvalue weighted by Gasteiger charge is 2.41. The fourth-order valence-electron chi connectivity index (χ4n) is 2.79. The van der Waals surface area contributed by atoms with Crippen molar-refractivity contribution in [2.45, 2.75) is 58.2 Å². The summed E-state index contributed by atoms with van der Waals surface area (Å²) in [5.74, 6) is 0.165. The first kappa shape index (κ1) is 14.5. The van der Waals surface area contributed by atoms with Crippen molar-refractivity contribution in [2.75, 3.05) is 20.1 Å². The van der Waals surface area contributed by atoms with E-state index in [1.165, 1.54) is 0 Å². The summed E-state index contributed by atoms with van der Waals surface area (Å²) in [6, 6.07) is 0.210. The van der Waals surface area contributed by atoms with Crippen LogP contribution in [0.5, 0.6) is 0 Å². The third kappa shape index (κ3) is 2.80. The molecule has 1 aliphatic rings. The van der Waals surface area contributed by atoms with Crippen LogP contribution in [0.15, 0.2) is 0 Å². The maximum Gasteiger partial charge on any atom is 0.241 e. The molecule has 0 aliphatic carbocycles. The Balaban J connectivity index is 3.10. The first-order valence-electron chi connectivity index (χ1n) is 6.58. The van der Waals surface area contributed by atoms with Gasteiger partial charge in [0.25, 0.3) is 0 Å². The zero-order valence-corrected chi connectivity index (χ0v) is 11.9. The second-order valence-corrected chi connectivity index (χ2v) is 5.74. The molecule has 100 valence electrons. The molecule has 4 nitrogen and oxygen atoms in total. The lowest BCUT2D eigenvalue weighted by Gasteiger charge is -2.44. The molecule has 1 heterocycles. The van der Waals surface area contributed by atoms with E-state index in [0.717, 1.165) is 19.4 Å². The molecule has 0 aromatic rings. The second kappa shape index (κ2) is 5.36. The predicted octanol–water partition coefficient (Wildman–Crippen LogP) is 1.05. The monoisotopic (exact) mass is 241 g/mol. The molecule has 0 bridgehead atoms. The maximum atomic E-state index is 12.3. The fraction of sp³-hybridized carbons (Fsp3) is 0.923. The summed E-state index contributed by atoms with van der Waals surface area (Å²) in [5.41, 5.74) is 5.87. The minimum atomic E-state index is -0.174. The summed E-state index contributed by atoms with van der Waals surface area (Å²) in [6.07, 6.45) is 2.03. The van der Waals surface area contributed by atoms with Crippen molar-refractivity contribution in [1.29, 1.82) is 0 Å². The molecule has 0 radical (unpaired) electrons. The van der Waals surface area contributed by atoms with Gasteiger partial charge in [-0.3, -0.25) is 9.69 Å². The van der Waals surface area contributed by atoms with Gasteiger partial charge in [-0.25, -0.2) is 0 Å². The Morgan fingerprint density at radius 3 is 2.59 bits per heavy atom. The van der Waals surface area contributed by atoms with Gasteiger partial charge in [-0.1, -0.05) is 6.92 Å². The number of likely N-dealkylation sites (N-methyl/N-ethyl adjacent to an activating group) is 1. The summed E-state index contributed by atoms with van der Waals surface area (Å²) in [4.78, 5) is 16.4. The molecule has 4 heteroatoms. The number of rotatable bonds is 3. The normalized spacial score (nSPS) is 28.0. The number of carbonyl (C=O) groups is 1. The molecule has 0 aromatic heterocycles. The molecule has 1 amide bonds. The number of amides is 1. The summed E-state index contributed by atoms with van der Waals surface area (Å²) in [7, 11) is 1.88.